The van der Waals surface area contributed by atoms with Gasteiger partial charge in [-0.1, -0.05) is 0 Å². The first-order valence-corrected chi connectivity index (χ1v) is 9.73. The number of nitrogens with zero attached hydrogens (tertiary/aromatic N) is 2. The highest BCUT2D eigenvalue weighted by Crippen LogP contribution is 2.51. The number of hydrogen-bond acceptors (Lipinski definition) is 5. The standard InChI is InChI=1S/C8H8BrN2O4PS2/c1-4-5(9)2-6-7(10-4)11(8(12)15-6)3-18-16(13,14)17/h2H,3H2,1H3,(H2,13,14,17). The monoisotopic (exact) mass is 370 g/mol. The Kier molecular flexibility index (Phi) is 4.01. The molecule has 0 spiro atoms. The van der Waals surface area contributed by atoms with E-state index in [9.17, 15) is 4.79 Å². The quantitative estimate of drug-likeness (QED) is 0.798. The number of pyridine rings is 1. The molecule has 98 valence electrons. The summed E-state index contributed by atoms with van der Waals surface area (Å²) in [6, 6.07) is 1.65. The third-order valence-electron chi connectivity index (χ3n) is 2.13. The van der Waals surface area contributed by atoms with E-state index in [2.05, 4.69) is 32.7 Å². The first-order valence-electron chi connectivity index (χ1n) is 4.64. The van der Waals surface area contributed by atoms with E-state index >= 15 is 0 Å². The summed E-state index contributed by atoms with van der Waals surface area (Å²) in [4.78, 5) is 34.1. The summed E-state index contributed by atoms with van der Waals surface area (Å²) in [6.45, 7) is 1.78. The molecule has 0 saturated heterocycles. The first-order chi connectivity index (χ1) is 8.28. The van der Waals surface area contributed by atoms with Gasteiger partial charge < -0.3 is 14.2 Å². The van der Waals surface area contributed by atoms with Gasteiger partial charge in [-0.05, 0) is 46.0 Å². The zero-order chi connectivity index (χ0) is 13.5. The van der Waals surface area contributed by atoms with Gasteiger partial charge in [0.2, 0.25) is 5.69 Å². The first kappa shape index (κ1) is 14.2. The fraction of sp³-hybridized carbons (Fsp3) is 0.250. The largest absolute Gasteiger partial charge is 0.421 e. The van der Waals surface area contributed by atoms with E-state index in [4.69, 9.17) is 14.2 Å². The zero-order valence-corrected chi connectivity index (χ0v) is 13.1. The van der Waals surface area contributed by atoms with Crippen molar-refractivity contribution in [3.8, 4) is 0 Å². The van der Waals surface area contributed by atoms with Crippen LogP contribution in [-0.4, -0.2) is 19.3 Å². The van der Waals surface area contributed by atoms with Crippen LogP contribution in [0.2, 0.25) is 0 Å². The summed E-state index contributed by atoms with van der Waals surface area (Å²) in [5.74, 6) is -0.615. The van der Waals surface area contributed by atoms with Crippen LogP contribution in [0.3, 0.4) is 0 Å². The van der Waals surface area contributed by atoms with Crippen LogP contribution in [0, 0.1) is 6.92 Å². The predicted octanol–water partition coefficient (Wildman–Crippen LogP) is 1.96. The molecule has 10 heteroatoms. The van der Waals surface area contributed by atoms with Gasteiger partial charge >= 0.3 is 5.76 Å². The third-order valence-corrected chi connectivity index (χ3v) is 5.94. The highest BCUT2D eigenvalue weighted by molar-refractivity contribution is 9.10. The molecule has 0 bridgehead atoms. The Morgan fingerprint density at radius 3 is 2.94 bits per heavy atom. The van der Waals surface area contributed by atoms with Crippen molar-refractivity contribution in [3.63, 3.8) is 0 Å². The number of rotatable bonds is 3. The molecule has 2 aromatic heterocycles. The van der Waals surface area contributed by atoms with E-state index in [1.165, 1.54) is 4.57 Å². The van der Waals surface area contributed by atoms with Crippen LogP contribution in [0.5, 0.6) is 0 Å². The molecule has 0 aliphatic heterocycles. The van der Waals surface area contributed by atoms with Crippen molar-refractivity contribution < 1.29 is 14.2 Å². The molecule has 2 aromatic rings. The Bertz CT molecular complexity index is 707. The molecule has 18 heavy (non-hydrogen) atoms. The van der Waals surface area contributed by atoms with Gasteiger partial charge in [0.1, 0.15) is 0 Å². The van der Waals surface area contributed by atoms with Crippen molar-refractivity contribution in [2.75, 3.05) is 0 Å². The van der Waals surface area contributed by atoms with Crippen LogP contribution in [-0.2, 0) is 17.7 Å². The lowest BCUT2D eigenvalue weighted by Crippen LogP contribution is -2.13. The van der Waals surface area contributed by atoms with Gasteiger partial charge in [-0.2, -0.15) is 0 Å². The Morgan fingerprint density at radius 1 is 1.67 bits per heavy atom. The zero-order valence-electron chi connectivity index (χ0n) is 9.03. The molecule has 2 rings (SSSR count). The van der Waals surface area contributed by atoms with Crippen molar-refractivity contribution in [2.45, 2.75) is 12.8 Å². The number of hydrogen-bond donors (Lipinski definition) is 2. The van der Waals surface area contributed by atoms with Crippen LogP contribution < -0.4 is 5.76 Å². The van der Waals surface area contributed by atoms with Gasteiger partial charge in [-0.3, -0.25) is 0 Å². The molecule has 0 unspecified atom stereocenters. The molecule has 2 heterocycles. The molecule has 2 N–H and O–H groups in total. The molecule has 0 radical (unpaired) electrons. The molecular formula is C8H8BrN2O4PS2. The molecule has 0 aliphatic rings. The van der Waals surface area contributed by atoms with Gasteiger partial charge in [0.05, 0.1) is 11.6 Å². The lowest BCUT2D eigenvalue weighted by atomic mass is 10.4. The number of aromatic nitrogens is 2. The fourth-order valence-electron chi connectivity index (χ4n) is 1.30. The lowest BCUT2D eigenvalue weighted by Gasteiger charge is -2.06. The fourth-order valence-corrected chi connectivity index (χ4v) is 3.31. The van der Waals surface area contributed by atoms with E-state index in [0.29, 0.717) is 16.9 Å². The molecule has 0 atom stereocenters. The number of fused-ring (bicyclic) bond motifs is 1. The smallest absolute Gasteiger partial charge is 0.406 e. The predicted molar refractivity (Wildman–Crippen MR) is 77.0 cm³/mol. The van der Waals surface area contributed by atoms with E-state index in [1.807, 2.05) is 0 Å². The maximum atomic E-state index is 11.6. The molecule has 0 fully saturated rings. The number of oxazole rings is 1. The van der Waals surface area contributed by atoms with Crippen LogP contribution in [0.25, 0.3) is 11.2 Å². The summed E-state index contributed by atoms with van der Waals surface area (Å²) in [5, 5.41) is 0. The minimum atomic E-state index is -3.41. The SMILES string of the molecule is Cc1nc2c(cc1Br)oc(=O)n2CSP(O)(O)=S. The molecule has 6 nitrogen and oxygen atoms in total. The van der Waals surface area contributed by atoms with Crippen LogP contribution in [0.15, 0.2) is 19.8 Å². The summed E-state index contributed by atoms with van der Waals surface area (Å²) >= 11 is 8.49. The topological polar surface area (TPSA) is 88.5 Å². The summed E-state index contributed by atoms with van der Waals surface area (Å²) in [6.07, 6.45) is 0. The molecule has 0 aliphatic carbocycles. The van der Waals surface area contributed by atoms with E-state index in [0.717, 1.165) is 15.9 Å². The molecule has 0 aromatic carbocycles. The van der Waals surface area contributed by atoms with Crippen molar-refractivity contribution in [2.24, 2.45) is 0 Å². The van der Waals surface area contributed by atoms with Crippen molar-refractivity contribution >= 4 is 56.0 Å². The summed E-state index contributed by atoms with van der Waals surface area (Å²) in [7, 11) is 0. The van der Waals surface area contributed by atoms with Gasteiger partial charge in [-0.25, -0.2) is 14.3 Å². The van der Waals surface area contributed by atoms with Crippen molar-refractivity contribution in [1.29, 1.82) is 0 Å². The van der Waals surface area contributed by atoms with E-state index in [1.54, 1.807) is 13.0 Å². The van der Waals surface area contributed by atoms with Gasteiger partial charge in [0.15, 0.2) is 11.2 Å². The maximum absolute atomic E-state index is 11.6. The van der Waals surface area contributed by atoms with Gasteiger partial charge in [-0.15, -0.1) is 0 Å². The third kappa shape index (κ3) is 3.04. The lowest BCUT2D eigenvalue weighted by molar-refractivity contribution is 0.501. The number of aryl methyl sites for hydroxylation is 1. The normalized spacial score (nSPS) is 12.2. The van der Waals surface area contributed by atoms with Crippen LogP contribution in [0.4, 0.5) is 0 Å². The Labute approximate surface area is 119 Å². The average molecular weight is 371 g/mol. The van der Waals surface area contributed by atoms with Crippen LogP contribution >= 0.6 is 33.0 Å². The van der Waals surface area contributed by atoms with Crippen LogP contribution in [0.1, 0.15) is 5.69 Å². The van der Waals surface area contributed by atoms with Gasteiger partial charge in [0, 0.05) is 10.5 Å². The Balaban J connectivity index is 2.50. The van der Waals surface area contributed by atoms with Crippen molar-refractivity contribution in [3.05, 3.63) is 26.8 Å². The second kappa shape index (κ2) is 5.07. The maximum Gasteiger partial charge on any atom is 0.421 e. The highest BCUT2D eigenvalue weighted by Gasteiger charge is 2.16. The number of halogens is 1. The van der Waals surface area contributed by atoms with E-state index < -0.39 is 11.4 Å². The molecular weight excluding hydrogens is 363 g/mol. The minimum Gasteiger partial charge on any atom is -0.406 e. The average Bonchev–Trinajstić information content (AvgIpc) is 2.51. The molecule has 0 saturated carbocycles. The summed E-state index contributed by atoms with van der Waals surface area (Å²) < 4.78 is 6.97. The Hall–Kier alpha value is -0.180. The molecule has 0 amide bonds. The minimum absolute atomic E-state index is 0.00974. The second-order valence-electron chi connectivity index (χ2n) is 3.42. The summed E-state index contributed by atoms with van der Waals surface area (Å²) in [5.41, 5.74) is -2.02. The van der Waals surface area contributed by atoms with Crippen molar-refractivity contribution in [1.82, 2.24) is 9.55 Å². The van der Waals surface area contributed by atoms with E-state index in [-0.39, 0.29) is 5.88 Å². The second-order valence-corrected chi connectivity index (χ2v) is 10.3. The van der Waals surface area contributed by atoms with Gasteiger partial charge in [0.25, 0.3) is 0 Å². The highest BCUT2D eigenvalue weighted by atomic mass is 79.9. The Morgan fingerprint density at radius 2 is 2.33 bits per heavy atom.